The molecule has 3 aromatic rings. The van der Waals surface area contributed by atoms with Crippen LogP contribution in [-0.4, -0.2) is 12.1 Å². The van der Waals surface area contributed by atoms with Crippen LogP contribution in [0.5, 0.6) is 5.75 Å². The molecule has 0 fully saturated rings. The Bertz CT molecular complexity index is 1010. The molecule has 0 saturated carbocycles. The first-order valence-corrected chi connectivity index (χ1v) is 7.51. The summed E-state index contributed by atoms with van der Waals surface area (Å²) in [6.07, 6.45) is 0. The molecule has 0 atom stereocenters. The average molecular weight is 382 g/mol. The number of benzene rings is 3. The lowest BCUT2D eigenvalue weighted by molar-refractivity contribution is 0.425. The second-order valence-corrected chi connectivity index (χ2v) is 5.48. The van der Waals surface area contributed by atoms with Gasteiger partial charge in [-0.2, -0.15) is 0 Å². The van der Waals surface area contributed by atoms with Crippen molar-refractivity contribution in [3.8, 4) is 16.9 Å². The van der Waals surface area contributed by atoms with E-state index < -0.39 is 47.5 Å². The maximum absolute atomic E-state index is 14.1. The molecule has 0 amide bonds. The van der Waals surface area contributed by atoms with Crippen molar-refractivity contribution in [1.29, 1.82) is 0 Å². The Hall–Kier alpha value is -2.94. The molecule has 0 aliphatic rings. The molecule has 27 heavy (non-hydrogen) atoms. The van der Waals surface area contributed by atoms with Crippen molar-refractivity contribution in [2.24, 2.45) is 0 Å². The Morgan fingerprint density at radius 3 is 2.15 bits per heavy atom. The van der Waals surface area contributed by atoms with Gasteiger partial charge in [-0.05, 0) is 24.3 Å². The van der Waals surface area contributed by atoms with Crippen molar-refractivity contribution in [3.63, 3.8) is 0 Å². The SMILES string of the molecule is OB(Oc1ccccc1-c1ccc(F)c(F)c1F)c1cc(F)cc(F)c1F. The van der Waals surface area contributed by atoms with Crippen LogP contribution >= 0.6 is 0 Å². The number of hydrogen-bond acceptors (Lipinski definition) is 2. The van der Waals surface area contributed by atoms with Crippen LogP contribution in [0.2, 0.25) is 0 Å². The lowest BCUT2D eigenvalue weighted by atomic mass is 9.78. The van der Waals surface area contributed by atoms with Crippen LogP contribution in [0.1, 0.15) is 0 Å². The average Bonchev–Trinajstić information content (AvgIpc) is 2.63. The van der Waals surface area contributed by atoms with Crippen molar-refractivity contribution in [3.05, 3.63) is 83.4 Å². The molecule has 0 aromatic heterocycles. The third-order valence-corrected chi connectivity index (χ3v) is 3.74. The van der Waals surface area contributed by atoms with E-state index >= 15 is 0 Å². The summed E-state index contributed by atoms with van der Waals surface area (Å²) >= 11 is 0. The quantitative estimate of drug-likeness (QED) is 0.321. The normalized spacial score (nSPS) is 10.8. The molecule has 0 saturated heterocycles. The fraction of sp³-hybridized carbons (Fsp3) is 0. The van der Waals surface area contributed by atoms with Gasteiger partial charge in [0.25, 0.3) is 0 Å². The van der Waals surface area contributed by atoms with E-state index in [0.29, 0.717) is 12.1 Å². The van der Waals surface area contributed by atoms with Gasteiger partial charge in [0.15, 0.2) is 29.1 Å². The van der Waals surface area contributed by atoms with E-state index in [0.717, 1.165) is 6.07 Å². The van der Waals surface area contributed by atoms with Crippen molar-refractivity contribution >= 4 is 12.6 Å². The minimum Gasteiger partial charge on any atom is -0.532 e. The highest BCUT2D eigenvalue weighted by Gasteiger charge is 2.28. The number of rotatable bonds is 4. The van der Waals surface area contributed by atoms with Gasteiger partial charge in [-0.25, -0.2) is 26.3 Å². The smallest absolute Gasteiger partial charge is 0.532 e. The van der Waals surface area contributed by atoms with E-state index in [1.807, 2.05) is 0 Å². The number of para-hydroxylation sites is 1. The minimum absolute atomic E-state index is 0.0924. The van der Waals surface area contributed by atoms with Gasteiger partial charge in [0.1, 0.15) is 11.6 Å². The van der Waals surface area contributed by atoms with Crippen LogP contribution in [0.25, 0.3) is 11.1 Å². The molecule has 0 spiro atoms. The number of halogens is 6. The van der Waals surface area contributed by atoms with Gasteiger partial charge in [-0.1, -0.05) is 18.2 Å². The molecule has 138 valence electrons. The Morgan fingerprint density at radius 1 is 0.704 bits per heavy atom. The Labute approximate surface area is 149 Å². The Balaban J connectivity index is 2.02. The van der Waals surface area contributed by atoms with Crippen LogP contribution in [0.15, 0.2) is 48.5 Å². The third kappa shape index (κ3) is 3.63. The Morgan fingerprint density at radius 2 is 1.41 bits per heavy atom. The van der Waals surface area contributed by atoms with Crippen LogP contribution in [0, 0.1) is 34.9 Å². The molecular weight excluding hydrogens is 373 g/mol. The molecule has 3 aromatic carbocycles. The fourth-order valence-electron chi connectivity index (χ4n) is 2.47. The van der Waals surface area contributed by atoms with Gasteiger partial charge in [0, 0.05) is 22.7 Å². The molecule has 2 nitrogen and oxygen atoms in total. The largest absolute Gasteiger partial charge is 0.563 e. The van der Waals surface area contributed by atoms with Gasteiger partial charge in [-0.3, -0.25) is 0 Å². The summed E-state index contributed by atoms with van der Waals surface area (Å²) in [7, 11) is -2.15. The van der Waals surface area contributed by atoms with E-state index in [2.05, 4.69) is 0 Å². The van der Waals surface area contributed by atoms with Gasteiger partial charge in [0.05, 0.1) is 0 Å². The van der Waals surface area contributed by atoms with Gasteiger partial charge < -0.3 is 9.68 Å². The molecule has 9 heteroatoms. The molecule has 0 heterocycles. The maximum Gasteiger partial charge on any atom is 0.563 e. The topological polar surface area (TPSA) is 29.5 Å². The highest BCUT2D eigenvalue weighted by molar-refractivity contribution is 6.60. The van der Waals surface area contributed by atoms with Crippen molar-refractivity contribution < 1.29 is 36.0 Å². The maximum atomic E-state index is 14.1. The van der Waals surface area contributed by atoms with Crippen molar-refractivity contribution in [2.45, 2.75) is 0 Å². The first-order valence-electron chi connectivity index (χ1n) is 7.51. The van der Waals surface area contributed by atoms with E-state index in [4.69, 9.17) is 4.65 Å². The second kappa shape index (κ2) is 7.36. The summed E-state index contributed by atoms with van der Waals surface area (Å²) in [5, 5.41) is 10.0. The monoisotopic (exact) mass is 382 g/mol. The molecular formula is C18H9BF6O2. The fourth-order valence-corrected chi connectivity index (χ4v) is 2.47. The highest BCUT2D eigenvalue weighted by Crippen LogP contribution is 2.33. The summed E-state index contributed by atoms with van der Waals surface area (Å²) < 4.78 is 86.2. The van der Waals surface area contributed by atoms with Crippen molar-refractivity contribution in [2.75, 3.05) is 0 Å². The van der Waals surface area contributed by atoms with E-state index in [1.165, 1.54) is 24.3 Å². The molecule has 0 unspecified atom stereocenters. The summed E-state index contributed by atoms with van der Waals surface area (Å²) in [5.41, 5.74) is -1.30. The van der Waals surface area contributed by atoms with Gasteiger partial charge in [-0.15, -0.1) is 0 Å². The second-order valence-electron chi connectivity index (χ2n) is 5.48. The summed E-state index contributed by atoms with van der Waals surface area (Å²) in [6, 6.07) is 7.81. The van der Waals surface area contributed by atoms with E-state index in [-0.39, 0.29) is 22.9 Å². The van der Waals surface area contributed by atoms with Crippen LogP contribution < -0.4 is 10.1 Å². The zero-order valence-corrected chi connectivity index (χ0v) is 13.3. The molecule has 0 aliphatic carbocycles. The molecule has 0 radical (unpaired) electrons. The standard InChI is InChI=1S/C18H9BF6O2/c20-9-7-12(17(24)14(22)8-9)19(26)27-15-4-2-1-3-10(15)11-5-6-13(21)18(25)16(11)23/h1-8,26H. The van der Waals surface area contributed by atoms with Crippen LogP contribution in [0.4, 0.5) is 26.3 Å². The Kier molecular flexibility index (Phi) is 5.14. The molecule has 0 aliphatic heterocycles. The van der Waals surface area contributed by atoms with Crippen LogP contribution in [-0.2, 0) is 0 Å². The lowest BCUT2D eigenvalue weighted by Crippen LogP contribution is -2.40. The summed E-state index contributed by atoms with van der Waals surface area (Å²) in [6.45, 7) is 0. The number of hydrogen-bond donors (Lipinski definition) is 1. The first-order chi connectivity index (χ1) is 12.8. The summed E-state index contributed by atoms with van der Waals surface area (Å²) in [5.74, 6) is -9.06. The molecule has 1 N–H and O–H groups in total. The summed E-state index contributed by atoms with van der Waals surface area (Å²) in [4.78, 5) is 0. The predicted molar refractivity (Wildman–Crippen MR) is 86.3 cm³/mol. The minimum atomic E-state index is -2.15. The van der Waals surface area contributed by atoms with Gasteiger partial charge >= 0.3 is 7.12 Å². The van der Waals surface area contributed by atoms with E-state index in [9.17, 15) is 31.4 Å². The molecule has 0 bridgehead atoms. The first kappa shape index (κ1) is 18.8. The third-order valence-electron chi connectivity index (χ3n) is 3.74. The van der Waals surface area contributed by atoms with Crippen LogP contribution in [0.3, 0.4) is 0 Å². The zero-order chi connectivity index (χ0) is 19.7. The van der Waals surface area contributed by atoms with Gasteiger partial charge in [0.2, 0.25) is 0 Å². The van der Waals surface area contributed by atoms with Crippen molar-refractivity contribution in [1.82, 2.24) is 0 Å². The molecule has 3 rings (SSSR count). The highest BCUT2D eigenvalue weighted by atomic mass is 19.2. The lowest BCUT2D eigenvalue weighted by Gasteiger charge is -2.15. The van der Waals surface area contributed by atoms with E-state index in [1.54, 1.807) is 0 Å². The predicted octanol–water partition coefficient (Wildman–Crippen LogP) is 3.95. The zero-order valence-electron chi connectivity index (χ0n) is 13.3.